The quantitative estimate of drug-likeness (QED) is 0.712. The first-order valence-corrected chi connectivity index (χ1v) is 5.69. The Morgan fingerprint density at radius 1 is 1.38 bits per heavy atom. The fourth-order valence-corrected chi connectivity index (χ4v) is 1.50. The van der Waals surface area contributed by atoms with Gasteiger partial charge in [0.15, 0.2) is 0 Å². The number of benzene rings is 1. The Bertz CT molecular complexity index is 308. The van der Waals surface area contributed by atoms with Crippen LogP contribution in [0.5, 0.6) is 0 Å². The van der Waals surface area contributed by atoms with Gasteiger partial charge in [-0.3, -0.25) is 0 Å². The molecule has 16 heavy (non-hydrogen) atoms. The second-order valence-corrected chi connectivity index (χ2v) is 4.03. The van der Waals surface area contributed by atoms with Crippen molar-refractivity contribution in [1.82, 2.24) is 5.32 Å². The minimum Gasteiger partial charge on any atom is -0.372 e. The Kier molecular flexibility index (Phi) is 5.83. The molecular formula is C14H21NO. The highest BCUT2D eigenvalue weighted by atomic mass is 16.5. The van der Waals surface area contributed by atoms with Gasteiger partial charge in [0.25, 0.3) is 0 Å². The standard InChI is InChI=1S/C14H21NO/c1-12(2)9-10-16-14(11-15-3)13-7-5-4-6-8-13/h4-8,14-15H,1,9-11H2,2-3H3. The van der Waals surface area contributed by atoms with Gasteiger partial charge in [0, 0.05) is 6.54 Å². The third kappa shape index (κ3) is 4.60. The maximum atomic E-state index is 5.86. The lowest BCUT2D eigenvalue weighted by Gasteiger charge is -2.18. The van der Waals surface area contributed by atoms with Gasteiger partial charge in [-0.2, -0.15) is 0 Å². The summed E-state index contributed by atoms with van der Waals surface area (Å²) in [5.41, 5.74) is 2.38. The number of likely N-dealkylation sites (N-methyl/N-ethyl adjacent to an activating group) is 1. The number of hydrogen-bond donors (Lipinski definition) is 1. The summed E-state index contributed by atoms with van der Waals surface area (Å²) in [6, 6.07) is 10.3. The van der Waals surface area contributed by atoms with Gasteiger partial charge in [-0.25, -0.2) is 0 Å². The van der Waals surface area contributed by atoms with Crippen LogP contribution in [0.4, 0.5) is 0 Å². The maximum Gasteiger partial charge on any atom is 0.0949 e. The molecule has 1 atom stereocenters. The molecule has 1 N–H and O–H groups in total. The lowest BCUT2D eigenvalue weighted by Crippen LogP contribution is -2.20. The third-order valence-electron chi connectivity index (χ3n) is 2.41. The van der Waals surface area contributed by atoms with E-state index in [2.05, 4.69) is 24.0 Å². The predicted octanol–water partition coefficient (Wildman–Crippen LogP) is 2.93. The second-order valence-electron chi connectivity index (χ2n) is 4.03. The van der Waals surface area contributed by atoms with Crippen molar-refractivity contribution in [3.8, 4) is 0 Å². The van der Waals surface area contributed by atoms with Crippen LogP contribution in [0.2, 0.25) is 0 Å². The van der Waals surface area contributed by atoms with Crippen molar-refractivity contribution in [3.63, 3.8) is 0 Å². The Morgan fingerprint density at radius 2 is 2.06 bits per heavy atom. The van der Waals surface area contributed by atoms with Crippen LogP contribution in [0.3, 0.4) is 0 Å². The van der Waals surface area contributed by atoms with Crippen LogP contribution >= 0.6 is 0 Å². The minimum atomic E-state index is 0.130. The molecule has 0 aliphatic carbocycles. The first kappa shape index (κ1) is 12.9. The molecule has 1 aromatic carbocycles. The van der Waals surface area contributed by atoms with Crippen LogP contribution < -0.4 is 5.32 Å². The smallest absolute Gasteiger partial charge is 0.0949 e. The van der Waals surface area contributed by atoms with E-state index in [0.717, 1.165) is 25.1 Å². The lowest BCUT2D eigenvalue weighted by molar-refractivity contribution is 0.0561. The number of nitrogens with one attached hydrogen (secondary N) is 1. The molecule has 0 aliphatic heterocycles. The Morgan fingerprint density at radius 3 is 2.62 bits per heavy atom. The van der Waals surface area contributed by atoms with Gasteiger partial charge in [0.2, 0.25) is 0 Å². The average Bonchev–Trinajstić information content (AvgIpc) is 2.29. The van der Waals surface area contributed by atoms with Crippen LogP contribution in [0.15, 0.2) is 42.5 Å². The fraction of sp³-hybridized carbons (Fsp3) is 0.429. The molecule has 88 valence electrons. The van der Waals surface area contributed by atoms with Crippen molar-refractivity contribution in [2.24, 2.45) is 0 Å². The van der Waals surface area contributed by atoms with Crippen LogP contribution in [-0.4, -0.2) is 20.2 Å². The monoisotopic (exact) mass is 219 g/mol. The van der Waals surface area contributed by atoms with E-state index in [1.54, 1.807) is 0 Å². The molecule has 0 fully saturated rings. The highest BCUT2D eigenvalue weighted by Crippen LogP contribution is 2.16. The molecule has 2 nitrogen and oxygen atoms in total. The first-order chi connectivity index (χ1) is 7.74. The summed E-state index contributed by atoms with van der Waals surface area (Å²) in [4.78, 5) is 0. The predicted molar refractivity (Wildman–Crippen MR) is 68.5 cm³/mol. The highest BCUT2D eigenvalue weighted by Gasteiger charge is 2.09. The van der Waals surface area contributed by atoms with E-state index in [1.165, 1.54) is 5.56 Å². The van der Waals surface area contributed by atoms with E-state index in [4.69, 9.17) is 4.74 Å². The first-order valence-electron chi connectivity index (χ1n) is 5.69. The zero-order valence-corrected chi connectivity index (χ0v) is 10.2. The van der Waals surface area contributed by atoms with Gasteiger partial charge in [-0.15, -0.1) is 6.58 Å². The molecule has 0 spiro atoms. The van der Waals surface area contributed by atoms with E-state index in [1.807, 2.05) is 32.2 Å². The summed E-state index contributed by atoms with van der Waals surface area (Å²) in [5, 5.41) is 3.16. The topological polar surface area (TPSA) is 21.3 Å². The number of rotatable bonds is 7. The summed E-state index contributed by atoms with van der Waals surface area (Å²) in [7, 11) is 1.94. The molecule has 0 saturated carbocycles. The molecule has 0 heterocycles. The largest absolute Gasteiger partial charge is 0.372 e. The van der Waals surface area contributed by atoms with Gasteiger partial charge in [0.05, 0.1) is 12.7 Å². The van der Waals surface area contributed by atoms with Crippen molar-refractivity contribution in [3.05, 3.63) is 48.0 Å². The van der Waals surface area contributed by atoms with Crippen LogP contribution in [0, 0.1) is 0 Å². The van der Waals surface area contributed by atoms with E-state index < -0.39 is 0 Å². The summed E-state index contributed by atoms with van der Waals surface area (Å²) < 4.78 is 5.86. The zero-order valence-electron chi connectivity index (χ0n) is 10.2. The van der Waals surface area contributed by atoms with E-state index in [-0.39, 0.29) is 6.10 Å². The SMILES string of the molecule is C=C(C)CCOC(CNC)c1ccccc1. The fourth-order valence-electron chi connectivity index (χ4n) is 1.50. The van der Waals surface area contributed by atoms with Gasteiger partial charge in [-0.1, -0.05) is 35.9 Å². The molecule has 2 heteroatoms. The molecule has 0 aliphatic rings. The molecule has 1 rings (SSSR count). The molecule has 0 amide bonds. The summed E-state index contributed by atoms with van der Waals surface area (Å²) in [6.45, 7) is 7.47. The van der Waals surface area contributed by atoms with Crippen LogP contribution in [0.25, 0.3) is 0 Å². The molecule has 0 saturated heterocycles. The number of hydrogen-bond acceptors (Lipinski definition) is 2. The minimum absolute atomic E-state index is 0.130. The lowest BCUT2D eigenvalue weighted by atomic mass is 10.1. The van der Waals surface area contributed by atoms with Gasteiger partial charge in [-0.05, 0) is 26.0 Å². The molecular weight excluding hydrogens is 198 g/mol. The average molecular weight is 219 g/mol. The van der Waals surface area contributed by atoms with Crippen molar-refractivity contribution < 1.29 is 4.74 Å². The third-order valence-corrected chi connectivity index (χ3v) is 2.41. The normalized spacial score (nSPS) is 12.4. The maximum absolute atomic E-state index is 5.86. The van der Waals surface area contributed by atoms with Crippen molar-refractivity contribution >= 4 is 0 Å². The van der Waals surface area contributed by atoms with E-state index in [0.29, 0.717) is 0 Å². The number of ether oxygens (including phenoxy) is 1. The van der Waals surface area contributed by atoms with Crippen LogP contribution in [-0.2, 0) is 4.74 Å². The van der Waals surface area contributed by atoms with Crippen molar-refractivity contribution in [2.45, 2.75) is 19.4 Å². The summed E-state index contributed by atoms with van der Waals surface area (Å²) in [5.74, 6) is 0. The van der Waals surface area contributed by atoms with Gasteiger partial charge < -0.3 is 10.1 Å². The van der Waals surface area contributed by atoms with Gasteiger partial charge in [0.1, 0.15) is 0 Å². The summed E-state index contributed by atoms with van der Waals surface area (Å²) >= 11 is 0. The van der Waals surface area contributed by atoms with Crippen molar-refractivity contribution in [2.75, 3.05) is 20.2 Å². The Balaban J connectivity index is 2.51. The molecule has 1 aromatic rings. The van der Waals surface area contributed by atoms with E-state index >= 15 is 0 Å². The van der Waals surface area contributed by atoms with Crippen molar-refractivity contribution in [1.29, 1.82) is 0 Å². The molecule has 0 bridgehead atoms. The van der Waals surface area contributed by atoms with Crippen LogP contribution in [0.1, 0.15) is 25.0 Å². The second kappa shape index (κ2) is 7.20. The van der Waals surface area contributed by atoms with E-state index in [9.17, 15) is 0 Å². The molecule has 0 radical (unpaired) electrons. The zero-order chi connectivity index (χ0) is 11.8. The molecule has 0 aromatic heterocycles. The molecule has 1 unspecified atom stereocenters. The Labute approximate surface area is 98.3 Å². The summed E-state index contributed by atoms with van der Waals surface area (Å²) in [6.07, 6.45) is 1.05. The highest BCUT2D eigenvalue weighted by molar-refractivity contribution is 5.17. The Hall–Kier alpha value is -1.12. The van der Waals surface area contributed by atoms with Gasteiger partial charge >= 0.3 is 0 Å².